The minimum Gasteiger partial charge on any atom is -0.322 e. The molecule has 0 radical (unpaired) electrons. The van der Waals surface area contributed by atoms with Gasteiger partial charge in [-0.05, 0) is 29.8 Å². The Morgan fingerprint density at radius 2 is 2.05 bits per heavy atom. The van der Waals surface area contributed by atoms with Crippen molar-refractivity contribution in [1.29, 1.82) is 0 Å². The summed E-state index contributed by atoms with van der Waals surface area (Å²) in [5, 5.41) is 14.5. The topological polar surface area (TPSA) is 72.2 Å². The molecule has 21 heavy (non-hydrogen) atoms. The minimum atomic E-state index is -0.629. The third-order valence-corrected chi connectivity index (χ3v) is 3.62. The van der Waals surface area contributed by atoms with Gasteiger partial charge in [-0.3, -0.25) is 14.9 Å². The number of amides is 1. The van der Waals surface area contributed by atoms with E-state index in [-0.39, 0.29) is 16.3 Å². The molecule has 2 aromatic rings. The SMILES string of the molecule is O=C(Nc1cccc(CBr)c1)c1ccc(Cl)cc1[N+](=O)[O-]. The van der Waals surface area contributed by atoms with Crippen LogP contribution in [0, 0.1) is 10.1 Å². The van der Waals surface area contributed by atoms with Gasteiger partial charge in [-0.2, -0.15) is 0 Å². The highest BCUT2D eigenvalue weighted by molar-refractivity contribution is 9.08. The molecule has 0 fully saturated rings. The first-order valence-corrected chi connectivity index (χ1v) is 7.41. The molecule has 0 spiro atoms. The van der Waals surface area contributed by atoms with Gasteiger partial charge in [0, 0.05) is 22.1 Å². The molecule has 2 aromatic carbocycles. The number of rotatable bonds is 4. The molecule has 108 valence electrons. The van der Waals surface area contributed by atoms with Crippen LogP contribution in [0.25, 0.3) is 0 Å². The molecule has 0 aromatic heterocycles. The van der Waals surface area contributed by atoms with Gasteiger partial charge >= 0.3 is 0 Å². The number of benzene rings is 2. The van der Waals surface area contributed by atoms with E-state index in [0.29, 0.717) is 11.0 Å². The molecule has 0 saturated heterocycles. The second-order valence-electron chi connectivity index (χ2n) is 4.21. The number of nitrogens with one attached hydrogen (secondary N) is 1. The van der Waals surface area contributed by atoms with Crippen LogP contribution in [0.3, 0.4) is 0 Å². The van der Waals surface area contributed by atoms with Gasteiger partial charge in [-0.25, -0.2) is 0 Å². The number of nitro groups is 1. The molecular weight excluding hydrogens is 360 g/mol. The van der Waals surface area contributed by atoms with Crippen molar-refractivity contribution in [3.8, 4) is 0 Å². The molecule has 0 heterocycles. The molecule has 0 bridgehead atoms. The molecule has 1 N–H and O–H groups in total. The molecule has 0 aliphatic heterocycles. The molecule has 7 heteroatoms. The fourth-order valence-corrected chi connectivity index (χ4v) is 2.29. The van der Waals surface area contributed by atoms with Crippen molar-refractivity contribution in [3.05, 3.63) is 68.7 Å². The number of nitro benzene ring substituents is 1. The van der Waals surface area contributed by atoms with Crippen molar-refractivity contribution in [2.24, 2.45) is 0 Å². The van der Waals surface area contributed by atoms with Gasteiger partial charge in [-0.15, -0.1) is 0 Å². The lowest BCUT2D eigenvalue weighted by Gasteiger charge is -2.07. The molecule has 5 nitrogen and oxygen atoms in total. The summed E-state index contributed by atoms with van der Waals surface area (Å²) >= 11 is 9.05. The average molecular weight is 370 g/mol. The number of halogens is 2. The highest BCUT2D eigenvalue weighted by atomic mass is 79.9. The van der Waals surface area contributed by atoms with Crippen molar-refractivity contribution in [2.45, 2.75) is 5.33 Å². The van der Waals surface area contributed by atoms with E-state index in [4.69, 9.17) is 11.6 Å². The Labute approximate surface area is 134 Å². The normalized spacial score (nSPS) is 10.2. The number of hydrogen-bond acceptors (Lipinski definition) is 3. The van der Waals surface area contributed by atoms with E-state index in [9.17, 15) is 14.9 Å². The van der Waals surface area contributed by atoms with Gasteiger partial charge in [0.25, 0.3) is 11.6 Å². The molecule has 1 amide bonds. The first kappa shape index (κ1) is 15.5. The molecule has 0 saturated carbocycles. The van der Waals surface area contributed by atoms with E-state index in [2.05, 4.69) is 21.2 Å². The van der Waals surface area contributed by atoms with Crippen LogP contribution in [0.1, 0.15) is 15.9 Å². The summed E-state index contributed by atoms with van der Waals surface area (Å²) in [5.74, 6) is -0.551. The van der Waals surface area contributed by atoms with E-state index in [1.165, 1.54) is 12.1 Å². The Bertz CT molecular complexity index is 706. The second kappa shape index (κ2) is 6.69. The van der Waals surface area contributed by atoms with E-state index < -0.39 is 10.8 Å². The first-order chi connectivity index (χ1) is 10.0. The van der Waals surface area contributed by atoms with Crippen LogP contribution in [0.5, 0.6) is 0 Å². The quantitative estimate of drug-likeness (QED) is 0.493. The monoisotopic (exact) mass is 368 g/mol. The smallest absolute Gasteiger partial charge is 0.283 e. The summed E-state index contributed by atoms with van der Waals surface area (Å²) in [6.07, 6.45) is 0. The zero-order valence-electron chi connectivity index (χ0n) is 10.7. The van der Waals surface area contributed by atoms with Gasteiger partial charge in [-0.1, -0.05) is 39.7 Å². The van der Waals surface area contributed by atoms with Crippen LogP contribution in [0.15, 0.2) is 42.5 Å². The predicted octanol–water partition coefficient (Wildman–Crippen LogP) is 4.40. The second-order valence-corrected chi connectivity index (χ2v) is 5.20. The van der Waals surface area contributed by atoms with Gasteiger partial charge in [0.2, 0.25) is 0 Å². The number of carbonyl (C=O) groups excluding carboxylic acids is 1. The lowest BCUT2D eigenvalue weighted by Crippen LogP contribution is -2.14. The fourth-order valence-electron chi connectivity index (χ4n) is 1.78. The Morgan fingerprint density at radius 3 is 2.71 bits per heavy atom. The van der Waals surface area contributed by atoms with Gasteiger partial charge in [0.15, 0.2) is 0 Å². The van der Waals surface area contributed by atoms with Gasteiger partial charge in [0.05, 0.1) is 4.92 Å². The molecule has 0 aliphatic rings. The third-order valence-electron chi connectivity index (χ3n) is 2.74. The summed E-state index contributed by atoms with van der Waals surface area (Å²) in [6, 6.07) is 11.1. The first-order valence-electron chi connectivity index (χ1n) is 5.91. The standard InChI is InChI=1S/C14H10BrClN2O3/c15-8-9-2-1-3-11(6-9)17-14(19)12-5-4-10(16)7-13(12)18(20)21/h1-7H,8H2,(H,17,19). The minimum absolute atomic E-state index is 0.0337. The molecule has 0 aliphatic carbocycles. The van der Waals surface area contributed by atoms with Crippen molar-refractivity contribution in [2.75, 3.05) is 5.32 Å². The summed E-state index contributed by atoms with van der Waals surface area (Å²) in [7, 11) is 0. The maximum Gasteiger partial charge on any atom is 0.283 e. The third kappa shape index (κ3) is 3.80. The highest BCUT2D eigenvalue weighted by Gasteiger charge is 2.20. The molecular formula is C14H10BrClN2O3. The Morgan fingerprint density at radius 1 is 1.29 bits per heavy atom. The maximum absolute atomic E-state index is 12.2. The highest BCUT2D eigenvalue weighted by Crippen LogP contribution is 2.24. The van der Waals surface area contributed by atoms with Crippen molar-refractivity contribution in [1.82, 2.24) is 0 Å². The van der Waals surface area contributed by atoms with E-state index >= 15 is 0 Å². The number of nitrogens with zero attached hydrogens (tertiary/aromatic N) is 1. The summed E-state index contributed by atoms with van der Waals surface area (Å²) < 4.78 is 0. The van der Waals surface area contributed by atoms with Gasteiger partial charge < -0.3 is 5.32 Å². The number of anilines is 1. The Hall–Kier alpha value is -1.92. The number of hydrogen-bond donors (Lipinski definition) is 1. The lowest BCUT2D eigenvalue weighted by molar-refractivity contribution is -0.385. The zero-order valence-corrected chi connectivity index (χ0v) is 13.0. The van der Waals surface area contributed by atoms with Crippen LogP contribution >= 0.6 is 27.5 Å². The Balaban J connectivity index is 2.30. The van der Waals surface area contributed by atoms with Crippen molar-refractivity contribution in [3.63, 3.8) is 0 Å². The van der Waals surface area contributed by atoms with Crippen molar-refractivity contribution < 1.29 is 9.72 Å². The van der Waals surface area contributed by atoms with E-state index in [1.54, 1.807) is 18.2 Å². The Kier molecular flexibility index (Phi) is 4.93. The average Bonchev–Trinajstić information content (AvgIpc) is 2.47. The molecule has 2 rings (SSSR count). The maximum atomic E-state index is 12.2. The van der Waals surface area contributed by atoms with Crippen LogP contribution < -0.4 is 5.32 Å². The fraction of sp³-hybridized carbons (Fsp3) is 0.0714. The summed E-state index contributed by atoms with van der Waals surface area (Å²) in [6.45, 7) is 0. The van der Waals surface area contributed by atoms with E-state index in [1.807, 2.05) is 6.07 Å². The molecule has 0 unspecified atom stereocenters. The lowest BCUT2D eigenvalue weighted by atomic mass is 10.1. The number of carbonyl (C=O) groups is 1. The van der Waals surface area contributed by atoms with E-state index in [0.717, 1.165) is 11.6 Å². The summed E-state index contributed by atoms with van der Waals surface area (Å²) in [4.78, 5) is 22.5. The van der Waals surface area contributed by atoms with Crippen LogP contribution in [0.4, 0.5) is 11.4 Å². The zero-order chi connectivity index (χ0) is 15.4. The number of alkyl halides is 1. The predicted molar refractivity (Wildman–Crippen MR) is 85.1 cm³/mol. The van der Waals surface area contributed by atoms with Crippen molar-refractivity contribution >= 4 is 44.8 Å². The summed E-state index contributed by atoms with van der Waals surface area (Å²) in [5.41, 5.74) is 1.20. The van der Waals surface area contributed by atoms with Gasteiger partial charge in [0.1, 0.15) is 5.56 Å². The largest absolute Gasteiger partial charge is 0.322 e. The van der Waals surface area contributed by atoms with Crippen LogP contribution in [-0.2, 0) is 5.33 Å². The van der Waals surface area contributed by atoms with Crippen LogP contribution in [-0.4, -0.2) is 10.8 Å². The van der Waals surface area contributed by atoms with Crippen LogP contribution in [0.2, 0.25) is 5.02 Å². The molecule has 0 atom stereocenters.